The maximum atomic E-state index is 8.57. The molecule has 0 spiro atoms. The smallest absolute Gasteiger partial charge is 0.0698 e. The Hall–Kier alpha value is -0.970. The third-order valence-electron chi connectivity index (χ3n) is 2.65. The molecule has 1 unspecified atom stereocenters. The molecular weight excluding hydrogens is 204 g/mol. The highest BCUT2D eigenvalue weighted by molar-refractivity contribution is 5.12. The van der Waals surface area contributed by atoms with Gasteiger partial charge in [-0.3, -0.25) is 9.88 Å². The third kappa shape index (κ3) is 4.26. The normalized spacial score (nSPS) is 13.0. The lowest BCUT2D eigenvalue weighted by molar-refractivity contribution is 0.0719. The molecule has 0 aromatic carbocycles. The SMILES string of the molecule is CC(c1cccnc1)N(C)CCOCCO. The molecule has 0 aliphatic rings. The molecule has 90 valence electrons. The van der Waals surface area contributed by atoms with Gasteiger partial charge in [0.2, 0.25) is 0 Å². The van der Waals surface area contributed by atoms with Crippen molar-refractivity contribution in [1.82, 2.24) is 9.88 Å². The van der Waals surface area contributed by atoms with Gasteiger partial charge in [-0.1, -0.05) is 6.07 Å². The van der Waals surface area contributed by atoms with Gasteiger partial charge in [-0.2, -0.15) is 0 Å². The summed E-state index contributed by atoms with van der Waals surface area (Å²) in [5, 5.41) is 8.57. The summed E-state index contributed by atoms with van der Waals surface area (Å²) >= 11 is 0. The monoisotopic (exact) mass is 224 g/mol. The Kier molecular flexibility index (Phi) is 6.00. The molecule has 1 rings (SSSR count). The van der Waals surface area contributed by atoms with Crippen molar-refractivity contribution in [3.05, 3.63) is 30.1 Å². The lowest BCUT2D eigenvalue weighted by atomic mass is 10.1. The summed E-state index contributed by atoms with van der Waals surface area (Å²) in [4.78, 5) is 6.31. The number of ether oxygens (including phenoxy) is 1. The zero-order valence-corrected chi connectivity index (χ0v) is 9.97. The van der Waals surface area contributed by atoms with Crippen LogP contribution in [0.2, 0.25) is 0 Å². The molecule has 0 aliphatic heterocycles. The average Bonchev–Trinajstić information content (AvgIpc) is 2.34. The van der Waals surface area contributed by atoms with Crippen LogP contribution in [-0.4, -0.2) is 48.4 Å². The Morgan fingerprint density at radius 2 is 2.31 bits per heavy atom. The van der Waals surface area contributed by atoms with Crippen LogP contribution >= 0.6 is 0 Å². The van der Waals surface area contributed by atoms with Crippen molar-refractivity contribution < 1.29 is 9.84 Å². The Morgan fingerprint density at radius 1 is 1.50 bits per heavy atom. The van der Waals surface area contributed by atoms with Crippen LogP contribution in [0, 0.1) is 0 Å². The minimum atomic E-state index is 0.0852. The first-order chi connectivity index (χ1) is 7.75. The van der Waals surface area contributed by atoms with Crippen molar-refractivity contribution in [3.63, 3.8) is 0 Å². The fourth-order valence-electron chi connectivity index (χ4n) is 1.45. The van der Waals surface area contributed by atoms with Crippen molar-refractivity contribution >= 4 is 0 Å². The Balaban J connectivity index is 2.33. The molecule has 0 aliphatic carbocycles. The third-order valence-corrected chi connectivity index (χ3v) is 2.65. The number of nitrogens with zero attached hydrogens (tertiary/aromatic N) is 2. The summed E-state index contributed by atoms with van der Waals surface area (Å²) in [5.41, 5.74) is 1.20. The zero-order chi connectivity index (χ0) is 11.8. The van der Waals surface area contributed by atoms with Crippen molar-refractivity contribution in [2.24, 2.45) is 0 Å². The van der Waals surface area contributed by atoms with Gasteiger partial charge in [-0.25, -0.2) is 0 Å². The summed E-state index contributed by atoms with van der Waals surface area (Å²) in [6.07, 6.45) is 3.66. The molecular formula is C12H20N2O2. The second-order valence-electron chi connectivity index (χ2n) is 3.78. The van der Waals surface area contributed by atoms with Crippen LogP contribution in [0.15, 0.2) is 24.5 Å². The maximum Gasteiger partial charge on any atom is 0.0698 e. The van der Waals surface area contributed by atoms with Crippen LogP contribution in [0.25, 0.3) is 0 Å². The van der Waals surface area contributed by atoms with Gasteiger partial charge in [0, 0.05) is 25.0 Å². The zero-order valence-electron chi connectivity index (χ0n) is 9.97. The predicted molar refractivity (Wildman–Crippen MR) is 63.2 cm³/mol. The van der Waals surface area contributed by atoms with Crippen LogP contribution in [0.1, 0.15) is 18.5 Å². The summed E-state index contributed by atoms with van der Waals surface area (Å²) in [5.74, 6) is 0. The lowest BCUT2D eigenvalue weighted by Crippen LogP contribution is -2.26. The van der Waals surface area contributed by atoms with E-state index < -0.39 is 0 Å². The summed E-state index contributed by atoms with van der Waals surface area (Å²) in [6, 6.07) is 4.34. The van der Waals surface area contributed by atoms with Crippen LogP contribution in [0.3, 0.4) is 0 Å². The van der Waals surface area contributed by atoms with Gasteiger partial charge in [0.1, 0.15) is 0 Å². The number of hydrogen-bond acceptors (Lipinski definition) is 4. The Labute approximate surface area is 96.9 Å². The number of aromatic nitrogens is 1. The number of likely N-dealkylation sites (N-methyl/N-ethyl adjacent to an activating group) is 1. The van der Waals surface area contributed by atoms with E-state index in [1.54, 1.807) is 6.20 Å². The molecule has 1 atom stereocenters. The summed E-state index contributed by atoms with van der Waals surface area (Å²) < 4.78 is 5.23. The summed E-state index contributed by atoms with van der Waals surface area (Å²) in [6.45, 7) is 4.12. The molecule has 0 saturated carbocycles. The average molecular weight is 224 g/mol. The molecule has 0 fully saturated rings. The molecule has 0 amide bonds. The molecule has 4 nitrogen and oxygen atoms in total. The molecule has 4 heteroatoms. The molecule has 0 saturated heterocycles. The van der Waals surface area contributed by atoms with Crippen molar-refractivity contribution in [1.29, 1.82) is 0 Å². The first-order valence-corrected chi connectivity index (χ1v) is 5.54. The van der Waals surface area contributed by atoms with Gasteiger partial charge in [0.05, 0.1) is 19.8 Å². The fraction of sp³-hybridized carbons (Fsp3) is 0.583. The Morgan fingerprint density at radius 3 is 2.94 bits per heavy atom. The maximum absolute atomic E-state index is 8.57. The number of rotatable bonds is 7. The number of pyridine rings is 1. The standard InChI is InChI=1S/C12H20N2O2/c1-11(12-4-3-5-13-10-12)14(2)6-8-16-9-7-15/h3-5,10-11,15H,6-9H2,1-2H3. The van der Waals surface area contributed by atoms with Crippen LogP contribution in [-0.2, 0) is 4.74 Å². The second kappa shape index (κ2) is 7.33. The van der Waals surface area contributed by atoms with Gasteiger partial charge in [0.25, 0.3) is 0 Å². The van der Waals surface area contributed by atoms with Gasteiger partial charge in [-0.15, -0.1) is 0 Å². The van der Waals surface area contributed by atoms with Crippen LogP contribution in [0.4, 0.5) is 0 Å². The second-order valence-corrected chi connectivity index (χ2v) is 3.78. The molecule has 1 aromatic rings. The minimum absolute atomic E-state index is 0.0852. The van der Waals surface area contributed by atoms with E-state index in [0.29, 0.717) is 19.3 Å². The number of hydrogen-bond donors (Lipinski definition) is 1. The van der Waals surface area contributed by atoms with E-state index in [1.165, 1.54) is 5.56 Å². The molecule has 1 aromatic heterocycles. The van der Waals surface area contributed by atoms with Gasteiger partial charge in [0.15, 0.2) is 0 Å². The van der Waals surface area contributed by atoms with Gasteiger partial charge in [-0.05, 0) is 25.6 Å². The first-order valence-electron chi connectivity index (χ1n) is 5.54. The highest BCUT2D eigenvalue weighted by atomic mass is 16.5. The fourth-order valence-corrected chi connectivity index (χ4v) is 1.45. The first kappa shape index (κ1) is 13.1. The summed E-state index contributed by atoms with van der Waals surface area (Å²) in [7, 11) is 2.06. The molecule has 0 radical (unpaired) electrons. The lowest BCUT2D eigenvalue weighted by Gasteiger charge is -2.24. The Bertz CT molecular complexity index is 280. The topological polar surface area (TPSA) is 45.6 Å². The molecule has 1 N–H and O–H groups in total. The van der Waals surface area contributed by atoms with Crippen LogP contribution in [0.5, 0.6) is 0 Å². The van der Waals surface area contributed by atoms with E-state index in [2.05, 4.69) is 29.9 Å². The molecule has 1 heterocycles. The van der Waals surface area contributed by atoms with Crippen molar-refractivity contribution in [2.45, 2.75) is 13.0 Å². The largest absolute Gasteiger partial charge is 0.394 e. The van der Waals surface area contributed by atoms with E-state index in [9.17, 15) is 0 Å². The van der Waals surface area contributed by atoms with Gasteiger partial charge < -0.3 is 9.84 Å². The number of aliphatic hydroxyl groups excluding tert-OH is 1. The highest BCUT2D eigenvalue weighted by Crippen LogP contribution is 2.16. The van der Waals surface area contributed by atoms with E-state index in [1.807, 2.05) is 12.3 Å². The van der Waals surface area contributed by atoms with Crippen molar-refractivity contribution in [3.8, 4) is 0 Å². The van der Waals surface area contributed by atoms with E-state index in [0.717, 1.165) is 6.54 Å². The predicted octanol–water partition coefficient (Wildman–Crippen LogP) is 1.08. The molecule has 16 heavy (non-hydrogen) atoms. The number of aliphatic hydroxyl groups is 1. The van der Waals surface area contributed by atoms with Crippen molar-refractivity contribution in [2.75, 3.05) is 33.4 Å². The highest BCUT2D eigenvalue weighted by Gasteiger charge is 2.10. The van der Waals surface area contributed by atoms with E-state index in [-0.39, 0.29) is 6.61 Å². The van der Waals surface area contributed by atoms with Gasteiger partial charge >= 0.3 is 0 Å². The van der Waals surface area contributed by atoms with E-state index >= 15 is 0 Å². The van der Waals surface area contributed by atoms with Crippen LogP contribution < -0.4 is 0 Å². The molecule has 0 bridgehead atoms. The quantitative estimate of drug-likeness (QED) is 0.704. The van der Waals surface area contributed by atoms with E-state index in [4.69, 9.17) is 9.84 Å². The minimum Gasteiger partial charge on any atom is -0.394 e.